The minimum atomic E-state index is -0.502. The van der Waals surface area contributed by atoms with Crippen LogP contribution in [0.2, 0.25) is 0 Å². The normalized spacial score (nSPS) is 14.1. The first kappa shape index (κ1) is 16.9. The van der Waals surface area contributed by atoms with Crippen molar-refractivity contribution in [2.75, 3.05) is 20.7 Å². The molecule has 0 radical (unpaired) electrons. The van der Waals surface area contributed by atoms with Gasteiger partial charge in [-0.25, -0.2) is 0 Å². The van der Waals surface area contributed by atoms with E-state index in [1.807, 2.05) is 13.8 Å². The monoisotopic (exact) mass is 259 g/mol. The molecule has 0 spiro atoms. The van der Waals surface area contributed by atoms with Crippen LogP contribution in [0.3, 0.4) is 0 Å². The van der Waals surface area contributed by atoms with Gasteiger partial charge >= 0.3 is 0 Å². The average Bonchev–Trinajstić information content (AvgIpc) is 2.33. The lowest BCUT2D eigenvalue weighted by molar-refractivity contribution is -0.130. The molecule has 0 heterocycles. The van der Waals surface area contributed by atoms with Gasteiger partial charge in [-0.1, -0.05) is 13.8 Å². The number of carbonyl (C=O) groups excluding carboxylic acids is 2. The first-order valence-corrected chi connectivity index (χ1v) is 6.18. The molecule has 0 saturated heterocycles. The number of amides is 2. The molecule has 0 aromatic carbocycles. The van der Waals surface area contributed by atoms with Crippen LogP contribution < -0.4 is 16.4 Å². The van der Waals surface area contributed by atoms with Gasteiger partial charge in [0.1, 0.15) is 6.04 Å². The van der Waals surface area contributed by atoms with Gasteiger partial charge in [-0.15, -0.1) is 0 Å². The zero-order valence-electron chi connectivity index (χ0n) is 11.7. The van der Waals surface area contributed by atoms with Crippen LogP contribution in [0.25, 0.3) is 0 Å². The molecule has 0 aliphatic heterocycles. The van der Waals surface area contributed by atoms with E-state index in [0.717, 1.165) is 0 Å². The van der Waals surface area contributed by atoms with Crippen LogP contribution in [0.1, 0.15) is 26.7 Å². The van der Waals surface area contributed by atoms with Gasteiger partial charge in [0.2, 0.25) is 11.8 Å². The average molecular weight is 259 g/mol. The number of hydrogen-bond donors (Lipinski definition) is 3. The molecule has 0 fully saturated rings. The topological polar surface area (TPSA) is 93.5 Å². The van der Waals surface area contributed by atoms with Gasteiger partial charge in [-0.3, -0.25) is 9.59 Å². The summed E-state index contributed by atoms with van der Waals surface area (Å²) in [4.78, 5) is 23.4. The summed E-state index contributed by atoms with van der Waals surface area (Å²) in [6.07, 6.45) is 0.457. The predicted octanol–water partition coefficient (Wildman–Crippen LogP) is -0.373. The Kier molecular flexibility index (Phi) is 8.32. The van der Waals surface area contributed by atoms with Crippen molar-refractivity contribution in [2.45, 2.75) is 38.8 Å². The van der Waals surface area contributed by atoms with E-state index in [1.54, 1.807) is 7.05 Å². The molecular weight excluding hydrogens is 234 g/mol. The molecule has 2 unspecified atom stereocenters. The third-order valence-electron chi connectivity index (χ3n) is 2.61. The van der Waals surface area contributed by atoms with E-state index >= 15 is 0 Å². The Labute approximate surface area is 109 Å². The van der Waals surface area contributed by atoms with E-state index in [2.05, 4.69) is 10.6 Å². The van der Waals surface area contributed by atoms with Crippen LogP contribution in [-0.4, -0.2) is 44.7 Å². The fourth-order valence-corrected chi connectivity index (χ4v) is 1.60. The molecule has 2 atom stereocenters. The summed E-state index contributed by atoms with van der Waals surface area (Å²) in [7, 11) is 3.06. The minimum absolute atomic E-state index is 0.165. The van der Waals surface area contributed by atoms with Crippen molar-refractivity contribution in [3.8, 4) is 0 Å². The largest absolute Gasteiger partial charge is 0.380 e. The molecule has 4 N–H and O–H groups in total. The van der Waals surface area contributed by atoms with E-state index in [1.165, 1.54) is 7.11 Å². The molecule has 0 aliphatic carbocycles. The third kappa shape index (κ3) is 6.56. The number of nitrogens with two attached hydrogens (primary N) is 1. The number of methoxy groups -OCH3 is 1. The van der Waals surface area contributed by atoms with E-state index in [-0.39, 0.29) is 30.9 Å². The van der Waals surface area contributed by atoms with Crippen LogP contribution in [-0.2, 0) is 14.3 Å². The third-order valence-corrected chi connectivity index (χ3v) is 2.61. The molecule has 2 amide bonds. The Morgan fingerprint density at radius 2 is 1.94 bits per heavy atom. The summed E-state index contributed by atoms with van der Waals surface area (Å²) < 4.78 is 5.03. The fourth-order valence-electron chi connectivity index (χ4n) is 1.60. The lowest BCUT2D eigenvalue weighted by atomic mass is 10.0. The number of nitrogens with one attached hydrogen (secondary N) is 2. The van der Waals surface area contributed by atoms with Gasteiger partial charge in [-0.2, -0.15) is 0 Å². The van der Waals surface area contributed by atoms with Crippen molar-refractivity contribution >= 4 is 11.8 Å². The summed E-state index contributed by atoms with van der Waals surface area (Å²) >= 11 is 0. The molecule has 0 rings (SSSR count). The maximum absolute atomic E-state index is 11.8. The smallest absolute Gasteiger partial charge is 0.242 e. The molecule has 0 aliphatic rings. The number of rotatable bonds is 8. The highest BCUT2D eigenvalue weighted by molar-refractivity contribution is 5.87. The Bertz CT molecular complexity index is 265. The Morgan fingerprint density at radius 3 is 2.33 bits per heavy atom. The highest BCUT2D eigenvalue weighted by Gasteiger charge is 2.22. The quantitative estimate of drug-likeness (QED) is 0.554. The van der Waals surface area contributed by atoms with Gasteiger partial charge < -0.3 is 21.1 Å². The summed E-state index contributed by atoms with van der Waals surface area (Å²) in [6, 6.07) is -0.502. The van der Waals surface area contributed by atoms with Crippen molar-refractivity contribution in [3.05, 3.63) is 0 Å². The maximum atomic E-state index is 11.8. The van der Waals surface area contributed by atoms with Crippen molar-refractivity contribution < 1.29 is 14.3 Å². The molecular formula is C12H25N3O3. The lowest BCUT2D eigenvalue weighted by Gasteiger charge is -2.20. The predicted molar refractivity (Wildman–Crippen MR) is 69.9 cm³/mol. The lowest BCUT2D eigenvalue weighted by Crippen LogP contribution is -2.47. The second-order valence-electron chi connectivity index (χ2n) is 4.66. The molecule has 0 aromatic heterocycles. The fraction of sp³-hybridized carbons (Fsp3) is 0.833. The standard InChI is InChI=1S/C12H25N3O3/c1-8(2)5-10(12(17)14-3)15-11(16)6-9(7-13)18-4/h8-10H,5-7,13H2,1-4H3,(H,14,17)(H,15,16). The number of ether oxygens (including phenoxy) is 1. The maximum Gasteiger partial charge on any atom is 0.242 e. The van der Waals surface area contributed by atoms with Crippen LogP contribution in [0.5, 0.6) is 0 Å². The molecule has 106 valence electrons. The van der Waals surface area contributed by atoms with Gasteiger partial charge in [-0.05, 0) is 12.3 Å². The van der Waals surface area contributed by atoms with E-state index < -0.39 is 6.04 Å². The molecule has 6 heteroatoms. The first-order valence-electron chi connectivity index (χ1n) is 6.18. The van der Waals surface area contributed by atoms with Gasteiger partial charge in [0, 0.05) is 20.7 Å². The van der Waals surface area contributed by atoms with Crippen LogP contribution >= 0.6 is 0 Å². The first-order chi connectivity index (χ1) is 8.44. The zero-order chi connectivity index (χ0) is 14.1. The molecule has 18 heavy (non-hydrogen) atoms. The van der Waals surface area contributed by atoms with Crippen molar-refractivity contribution in [2.24, 2.45) is 11.7 Å². The van der Waals surface area contributed by atoms with Gasteiger partial charge in [0.25, 0.3) is 0 Å². The summed E-state index contributed by atoms with van der Waals surface area (Å²) in [5.41, 5.74) is 5.44. The Hall–Kier alpha value is -1.14. The van der Waals surface area contributed by atoms with Crippen LogP contribution in [0.4, 0.5) is 0 Å². The summed E-state index contributed by atoms with van der Waals surface area (Å²) in [5, 5.41) is 5.26. The van der Waals surface area contributed by atoms with E-state index in [4.69, 9.17) is 10.5 Å². The van der Waals surface area contributed by atoms with E-state index in [0.29, 0.717) is 12.3 Å². The highest BCUT2D eigenvalue weighted by atomic mass is 16.5. The van der Waals surface area contributed by atoms with Gasteiger partial charge in [0.05, 0.1) is 12.5 Å². The number of carbonyl (C=O) groups is 2. The summed E-state index contributed by atoms with van der Waals surface area (Å²) in [5.74, 6) is -0.0827. The van der Waals surface area contributed by atoms with Crippen LogP contribution in [0.15, 0.2) is 0 Å². The molecule has 6 nitrogen and oxygen atoms in total. The second-order valence-corrected chi connectivity index (χ2v) is 4.66. The van der Waals surface area contributed by atoms with Crippen LogP contribution in [0, 0.1) is 5.92 Å². The second kappa shape index (κ2) is 8.88. The minimum Gasteiger partial charge on any atom is -0.380 e. The van der Waals surface area contributed by atoms with Gasteiger partial charge in [0.15, 0.2) is 0 Å². The number of likely N-dealkylation sites (N-methyl/N-ethyl adjacent to an activating group) is 1. The molecule has 0 aromatic rings. The zero-order valence-corrected chi connectivity index (χ0v) is 11.7. The summed E-state index contributed by atoms with van der Waals surface area (Å²) in [6.45, 7) is 4.28. The number of hydrogen-bond acceptors (Lipinski definition) is 4. The van der Waals surface area contributed by atoms with Crippen molar-refractivity contribution in [1.82, 2.24) is 10.6 Å². The SMILES string of the molecule is CNC(=O)C(CC(C)C)NC(=O)CC(CN)OC. The Balaban J connectivity index is 4.38. The highest BCUT2D eigenvalue weighted by Crippen LogP contribution is 2.06. The molecule has 0 bridgehead atoms. The van der Waals surface area contributed by atoms with Crippen molar-refractivity contribution in [1.29, 1.82) is 0 Å². The molecule has 0 saturated carbocycles. The van der Waals surface area contributed by atoms with E-state index in [9.17, 15) is 9.59 Å². The van der Waals surface area contributed by atoms with Crippen molar-refractivity contribution in [3.63, 3.8) is 0 Å². The Morgan fingerprint density at radius 1 is 1.33 bits per heavy atom.